The van der Waals surface area contributed by atoms with E-state index >= 15 is 0 Å². The van der Waals surface area contributed by atoms with Crippen LogP contribution in [0.25, 0.3) is 0 Å². The molecule has 1 aliphatic heterocycles. The van der Waals surface area contributed by atoms with Crippen molar-refractivity contribution in [2.24, 2.45) is 0 Å². The van der Waals surface area contributed by atoms with Crippen LogP contribution in [-0.4, -0.2) is 33.7 Å². The van der Waals surface area contributed by atoms with Crippen LogP contribution in [0, 0.1) is 20.8 Å². The lowest BCUT2D eigenvalue weighted by Crippen LogP contribution is -2.41. The Hall–Kier alpha value is -2.04. The number of hydrogen-bond acceptors (Lipinski definition) is 3. The first-order chi connectivity index (χ1) is 10.1. The van der Waals surface area contributed by atoms with Gasteiger partial charge in [-0.15, -0.1) is 0 Å². The van der Waals surface area contributed by atoms with Crippen molar-refractivity contribution in [2.45, 2.75) is 39.7 Å². The number of likely N-dealkylation sites (tertiary alicyclic amines) is 1. The van der Waals surface area contributed by atoms with E-state index < -0.39 is 0 Å². The quantitative estimate of drug-likeness (QED) is 0.853. The Morgan fingerprint density at radius 2 is 2.14 bits per heavy atom. The van der Waals surface area contributed by atoms with Crippen molar-refractivity contribution >= 4 is 5.91 Å². The summed E-state index contributed by atoms with van der Waals surface area (Å²) < 4.78 is 7.55. The molecule has 0 N–H and O–H groups in total. The van der Waals surface area contributed by atoms with Gasteiger partial charge >= 0.3 is 0 Å². The summed E-state index contributed by atoms with van der Waals surface area (Å²) in [6.45, 7) is 7.24. The fourth-order valence-electron chi connectivity index (χ4n) is 3.12. The fourth-order valence-corrected chi connectivity index (χ4v) is 3.12. The molecule has 5 heteroatoms. The number of aryl methyl sites for hydroxylation is 2. The first-order valence-corrected chi connectivity index (χ1v) is 7.43. The Kier molecular flexibility index (Phi) is 3.57. The van der Waals surface area contributed by atoms with Crippen molar-refractivity contribution in [2.75, 3.05) is 13.1 Å². The van der Waals surface area contributed by atoms with Crippen LogP contribution in [0.5, 0.6) is 0 Å². The van der Waals surface area contributed by atoms with Gasteiger partial charge in [0.15, 0.2) is 0 Å². The molecule has 1 saturated heterocycles. The van der Waals surface area contributed by atoms with E-state index in [1.807, 2.05) is 42.6 Å². The highest BCUT2D eigenvalue weighted by molar-refractivity contribution is 5.97. The summed E-state index contributed by atoms with van der Waals surface area (Å²) in [4.78, 5) is 14.7. The van der Waals surface area contributed by atoms with Crippen molar-refractivity contribution in [3.63, 3.8) is 0 Å². The molecule has 21 heavy (non-hydrogen) atoms. The second-order valence-corrected chi connectivity index (χ2v) is 5.75. The lowest BCUT2D eigenvalue weighted by molar-refractivity contribution is 0.0670. The third-order valence-corrected chi connectivity index (χ3v) is 4.36. The molecule has 2 aromatic rings. The van der Waals surface area contributed by atoms with E-state index in [4.69, 9.17) is 4.42 Å². The molecule has 1 aliphatic rings. The maximum atomic E-state index is 12.8. The number of piperidine rings is 1. The molecule has 0 spiro atoms. The molecule has 112 valence electrons. The summed E-state index contributed by atoms with van der Waals surface area (Å²) in [5.41, 5.74) is 1.69. The highest BCUT2D eigenvalue weighted by Crippen LogP contribution is 2.26. The molecule has 5 nitrogen and oxygen atoms in total. The van der Waals surface area contributed by atoms with Gasteiger partial charge in [0.25, 0.3) is 5.91 Å². The normalized spacial score (nSPS) is 19.0. The number of rotatable bonds is 2. The van der Waals surface area contributed by atoms with Gasteiger partial charge in [-0.05, 0) is 39.7 Å². The summed E-state index contributed by atoms with van der Waals surface area (Å²) in [5, 5.41) is 4.31. The summed E-state index contributed by atoms with van der Waals surface area (Å²) in [7, 11) is 0. The molecule has 0 radical (unpaired) electrons. The molecule has 1 unspecified atom stereocenters. The maximum Gasteiger partial charge on any atom is 0.257 e. The van der Waals surface area contributed by atoms with Crippen molar-refractivity contribution in [3.05, 3.63) is 41.1 Å². The molecular weight excluding hydrogens is 266 g/mol. The van der Waals surface area contributed by atoms with Gasteiger partial charge in [0.2, 0.25) is 0 Å². The molecule has 0 saturated carbocycles. The predicted molar refractivity (Wildman–Crippen MR) is 79.3 cm³/mol. The smallest absolute Gasteiger partial charge is 0.257 e. The van der Waals surface area contributed by atoms with E-state index in [1.54, 1.807) is 6.20 Å². The van der Waals surface area contributed by atoms with Gasteiger partial charge < -0.3 is 9.32 Å². The van der Waals surface area contributed by atoms with E-state index in [9.17, 15) is 4.79 Å². The van der Waals surface area contributed by atoms with Gasteiger partial charge in [-0.1, -0.05) is 0 Å². The van der Waals surface area contributed by atoms with Crippen LogP contribution < -0.4 is 0 Å². The van der Waals surface area contributed by atoms with E-state index in [0.29, 0.717) is 6.54 Å². The molecule has 0 aliphatic carbocycles. The minimum atomic E-state index is 0.0821. The Bertz CT molecular complexity index is 643. The largest absolute Gasteiger partial charge is 0.466 e. The summed E-state index contributed by atoms with van der Waals surface area (Å²) >= 11 is 0. The number of hydrogen-bond donors (Lipinski definition) is 0. The molecule has 3 rings (SSSR count). The summed E-state index contributed by atoms with van der Waals surface area (Å²) in [6, 6.07) is 2.19. The zero-order valence-electron chi connectivity index (χ0n) is 12.8. The highest BCUT2D eigenvalue weighted by atomic mass is 16.3. The van der Waals surface area contributed by atoms with Gasteiger partial charge in [-0.2, -0.15) is 5.10 Å². The van der Waals surface area contributed by atoms with Gasteiger partial charge in [-0.3, -0.25) is 9.48 Å². The van der Waals surface area contributed by atoms with Crippen LogP contribution in [-0.2, 0) is 0 Å². The van der Waals surface area contributed by atoms with Crippen LogP contribution in [0.1, 0.15) is 46.3 Å². The lowest BCUT2D eigenvalue weighted by Gasteiger charge is -2.33. The highest BCUT2D eigenvalue weighted by Gasteiger charge is 2.29. The maximum absolute atomic E-state index is 12.8. The number of amides is 1. The number of aromatic nitrogens is 2. The minimum absolute atomic E-state index is 0.0821. The van der Waals surface area contributed by atoms with Gasteiger partial charge in [0.05, 0.1) is 11.6 Å². The van der Waals surface area contributed by atoms with E-state index in [-0.39, 0.29) is 11.9 Å². The summed E-state index contributed by atoms with van der Waals surface area (Å²) in [6.07, 6.45) is 5.82. The molecule has 0 bridgehead atoms. The zero-order valence-corrected chi connectivity index (χ0v) is 12.8. The SMILES string of the molecule is Cc1oc(C)c(C(=O)N2CCCC(n3cccn3)C2)c1C. The average Bonchev–Trinajstić information content (AvgIpc) is 3.08. The van der Waals surface area contributed by atoms with Crippen LogP contribution in [0.3, 0.4) is 0 Å². The second-order valence-electron chi connectivity index (χ2n) is 5.75. The predicted octanol–water partition coefficient (Wildman–Crippen LogP) is 2.88. The van der Waals surface area contributed by atoms with E-state index in [2.05, 4.69) is 5.10 Å². The lowest BCUT2D eigenvalue weighted by atomic mass is 10.0. The standard InChI is InChI=1S/C16H21N3O2/c1-11-12(2)21-13(3)15(11)16(20)18-8-4-6-14(10-18)19-9-5-7-17-19/h5,7,9,14H,4,6,8,10H2,1-3H3. The zero-order chi connectivity index (χ0) is 15.0. The van der Waals surface area contributed by atoms with Gasteiger partial charge in [0.1, 0.15) is 11.5 Å². The average molecular weight is 287 g/mol. The summed E-state index contributed by atoms with van der Waals surface area (Å²) in [5.74, 6) is 1.63. The van der Waals surface area contributed by atoms with Crippen molar-refractivity contribution in [3.8, 4) is 0 Å². The van der Waals surface area contributed by atoms with Crippen molar-refractivity contribution in [1.82, 2.24) is 14.7 Å². The number of carbonyl (C=O) groups excluding carboxylic acids is 1. The number of furan rings is 1. The van der Waals surface area contributed by atoms with Crippen LogP contribution in [0.2, 0.25) is 0 Å². The minimum Gasteiger partial charge on any atom is -0.466 e. The van der Waals surface area contributed by atoms with Crippen LogP contribution in [0.4, 0.5) is 0 Å². The van der Waals surface area contributed by atoms with E-state index in [0.717, 1.165) is 42.0 Å². The molecule has 0 aromatic carbocycles. The van der Waals surface area contributed by atoms with Crippen LogP contribution in [0.15, 0.2) is 22.9 Å². The molecule has 1 amide bonds. The van der Waals surface area contributed by atoms with Crippen LogP contribution >= 0.6 is 0 Å². The third-order valence-electron chi connectivity index (χ3n) is 4.36. The Labute approximate surface area is 124 Å². The number of carbonyl (C=O) groups is 1. The monoisotopic (exact) mass is 287 g/mol. The molecule has 1 atom stereocenters. The Morgan fingerprint density at radius 1 is 1.33 bits per heavy atom. The molecule has 2 aromatic heterocycles. The fraction of sp³-hybridized carbons (Fsp3) is 0.500. The third kappa shape index (κ3) is 2.48. The Morgan fingerprint density at radius 3 is 2.76 bits per heavy atom. The molecule has 1 fully saturated rings. The Balaban J connectivity index is 1.81. The topological polar surface area (TPSA) is 51.3 Å². The van der Waals surface area contributed by atoms with Crippen molar-refractivity contribution in [1.29, 1.82) is 0 Å². The molecule has 3 heterocycles. The molecular formula is C16H21N3O2. The van der Waals surface area contributed by atoms with Crippen molar-refractivity contribution < 1.29 is 9.21 Å². The first kappa shape index (κ1) is 13.9. The van der Waals surface area contributed by atoms with Gasteiger partial charge in [-0.25, -0.2) is 0 Å². The number of nitrogens with zero attached hydrogens (tertiary/aromatic N) is 3. The van der Waals surface area contributed by atoms with Gasteiger partial charge in [0, 0.05) is 31.0 Å². The first-order valence-electron chi connectivity index (χ1n) is 7.43. The second kappa shape index (κ2) is 5.39. The van der Waals surface area contributed by atoms with E-state index in [1.165, 1.54) is 0 Å².